The number of aromatic nitrogens is 1. The van der Waals surface area contributed by atoms with Gasteiger partial charge in [-0.15, -0.1) is 5.06 Å². The Morgan fingerprint density at radius 2 is 1.17 bits per heavy atom. The minimum Gasteiger partial charge on any atom is -0.508 e. The van der Waals surface area contributed by atoms with Crippen LogP contribution in [0.15, 0.2) is 115 Å². The summed E-state index contributed by atoms with van der Waals surface area (Å²) in [6, 6.07) is 10.8. The Labute approximate surface area is 712 Å². The second-order valence-electron chi connectivity index (χ2n) is 28.5. The number of hydrogen-bond acceptors (Lipinski definition) is 27. The van der Waals surface area contributed by atoms with Crippen LogP contribution in [0.3, 0.4) is 0 Å². The summed E-state index contributed by atoms with van der Waals surface area (Å²) in [5.74, 6) is -12.1. The molecule has 662 valence electrons. The zero-order valence-electron chi connectivity index (χ0n) is 68.6. The van der Waals surface area contributed by atoms with E-state index in [0.717, 1.165) is 35.4 Å². The number of aromatic amines is 1. The van der Waals surface area contributed by atoms with Crippen molar-refractivity contribution in [2.45, 2.75) is 151 Å². The van der Waals surface area contributed by atoms with Gasteiger partial charge in [0.05, 0.1) is 53.9 Å². The molecule has 0 bridgehead atoms. The van der Waals surface area contributed by atoms with E-state index < -0.39 is 181 Å². The third kappa shape index (κ3) is 29.3. The SMILES string of the molecule is CCCC[C@H](NC(=O)[C@@H](CO)NC(=O)CN(CCN)Oc1cc(/C=C/c2cc(OC)c(OC)c(OC)c2)ccc1OC)C(=O)N[C@H](Cc1ccc(O)cc1)C(=O)N[C@H](CO)C(=O)NC1CSSC[C@H](C(=O)N[C@H](C(N)=O)[C@@H](C)O)NC(=O)C([C@@H](C)O)NC(=O)[C@H](CCCN)NC(=O)[C@@H](Cc2c[nH]c3ccccc23)NC(=O)C(Cc2ccccc2)NC1=O. The molecule has 0 spiro atoms. The smallest absolute Gasteiger partial charge is 0.245 e. The number of amides is 12. The van der Waals surface area contributed by atoms with E-state index in [1.165, 1.54) is 57.8 Å². The van der Waals surface area contributed by atoms with E-state index in [2.05, 4.69) is 63.5 Å². The molecule has 13 atom stereocenters. The van der Waals surface area contributed by atoms with Gasteiger partial charge in [0.25, 0.3) is 0 Å². The minimum atomic E-state index is -1.97. The Hall–Kier alpha value is -11.8. The molecule has 122 heavy (non-hydrogen) atoms. The minimum absolute atomic E-state index is 0.0138. The van der Waals surface area contributed by atoms with Gasteiger partial charge in [0.15, 0.2) is 23.0 Å². The van der Waals surface area contributed by atoms with Crippen LogP contribution < -0.4 is 99.5 Å². The molecule has 3 unspecified atom stereocenters. The third-order valence-corrected chi connectivity index (χ3v) is 21.8. The number of aromatic hydroxyl groups is 1. The van der Waals surface area contributed by atoms with E-state index >= 15 is 9.59 Å². The van der Waals surface area contributed by atoms with Crippen molar-refractivity contribution < 1.29 is 107 Å². The first-order valence-electron chi connectivity index (χ1n) is 39.3. The highest BCUT2D eigenvalue weighted by Gasteiger charge is 2.39. The predicted molar refractivity (Wildman–Crippen MR) is 454 cm³/mol. The van der Waals surface area contributed by atoms with E-state index in [4.69, 9.17) is 41.0 Å². The van der Waals surface area contributed by atoms with Crippen molar-refractivity contribution in [2.24, 2.45) is 17.2 Å². The number of aliphatic hydroxyl groups is 4. The molecule has 1 saturated heterocycles. The van der Waals surface area contributed by atoms with Gasteiger partial charge in [0.1, 0.15) is 78.8 Å². The van der Waals surface area contributed by atoms with Gasteiger partial charge < -0.3 is 130 Å². The highest BCUT2D eigenvalue weighted by Crippen LogP contribution is 2.39. The fourth-order valence-electron chi connectivity index (χ4n) is 12.7. The molecular weight excluding hydrogens is 1630 g/mol. The number of unbranched alkanes of at least 4 members (excludes halogenated alkanes) is 1. The van der Waals surface area contributed by atoms with Crippen LogP contribution in [0.1, 0.15) is 80.7 Å². The number of fused-ring (bicyclic) bond motifs is 1. The van der Waals surface area contributed by atoms with Gasteiger partial charge in [-0.3, -0.25) is 57.5 Å². The monoisotopic (exact) mass is 1730 g/mol. The molecule has 1 aromatic heterocycles. The summed E-state index contributed by atoms with van der Waals surface area (Å²) in [5, 5.41) is 83.3. The molecule has 23 N–H and O–H groups in total. The van der Waals surface area contributed by atoms with Crippen molar-refractivity contribution in [3.63, 3.8) is 0 Å². The number of rotatable bonds is 40. The third-order valence-electron chi connectivity index (χ3n) is 19.4. The van der Waals surface area contributed by atoms with Crippen molar-refractivity contribution in [1.82, 2.24) is 68.5 Å². The predicted octanol–water partition coefficient (Wildman–Crippen LogP) is -1.75. The molecule has 0 saturated carbocycles. The lowest BCUT2D eigenvalue weighted by Crippen LogP contribution is -2.63. The summed E-state index contributed by atoms with van der Waals surface area (Å²) in [5.41, 5.74) is 20.7. The number of methoxy groups -OCH3 is 4. The number of primary amides is 1. The molecule has 38 nitrogen and oxygen atoms in total. The molecule has 6 aromatic rings. The summed E-state index contributed by atoms with van der Waals surface area (Å²) in [4.78, 5) is 183. The first-order chi connectivity index (χ1) is 58.5. The average Bonchev–Trinajstić information content (AvgIpc) is 1.43. The lowest BCUT2D eigenvalue weighted by molar-refractivity contribution is -0.138. The molecule has 7 rings (SSSR count). The second kappa shape index (κ2) is 49.2. The lowest BCUT2D eigenvalue weighted by Gasteiger charge is -2.29. The van der Waals surface area contributed by atoms with Crippen molar-refractivity contribution >= 4 is 116 Å². The molecular formula is C82H110N16O22S2. The standard InChI is InChI=1S/C82H110N16O22S2/c1-8-9-19-55(89-78(111)60(41-99)87-68(104)40-98(32-31-84)120-65-35-49(26-29-64(65)116-4)22-23-50-36-66(117-5)71(119-7)67(37-50)118-6)73(106)90-58(34-48-24-27-52(103)28-25-48)76(109)93-61(42-100)79(112)94-62-43-121-122-44-63(81(114)96-69(45(2)101)72(85)105)95-82(115)70(46(3)102)97-74(107)56(21-15-30-83)88-77(110)59(38-51-39-86-54-20-14-13-18-53(51)54)92-75(108)57(91-80(62)113)33-47-16-11-10-12-17-47/h10-14,16-18,20,22-29,35-37,39,45-46,55-63,69-70,86,99-103H,8-9,15,19,21,30-34,38,40-44,83-84H2,1-7H3,(H2,85,105)(H,87,104)(H,88,110)(H,89,111)(H,90,106)(H,91,113)(H,92,108)(H,93,109)(H,94,112)(H,95,115)(H,96,114)(H,97,107)/b23-22+/t45-,46-,55+,56+,57?,58-,59-,60-,61-,62?,63-,69+,70?/m1/s1. The number of H-pyrrole nitrogens is 1. The zero-order valence-corrected chi connectivity index (χ0v) is 70.2. The molecule has 1 aliphatic heterocycles. The zero-order chi connectivity index (χ0) is 89.1. The van der Waals surface area contributed by atoms with Crippen LogP contribution >= 0.6 is 21.6 Å². The number of carbonyl (C=O) groups excluding carboxylic acids is 12. The number of nitrogens with zero attached hydrogens (tertiary/aromatic N) is 1. The summed E-state index contributed by atoms with van der Waals surface area (Å²) in [6.07, 6.45) is 1.73. The van der Waals surface area contributed by atoms with Crippen LogP contribution in [0.4, 0.5) is 0 Å². The van der Waals surface area contributed by atoms with Gasteiger partial charge >= 0.3 is 0 Å². The number of benzene rings is 5. The number of para-hydroxylation sites is 1. The molecule has 12 amide bonds. The first kappa shape index (κ1) is 97.4. The number of hydrogen-bond donors (Lipinski definition) is 20. The molecule has 1 fully saturated rings. The topological polar surface area (TPSA) is 582 Å². The number of nitrogens with one attached hydrogen (secondary N) is 12. The fourth-order valence-corrected chi connectivity index (χ4v) is 15.1. The number of carbonyl (C=O) groups is 12. The van der Waals surface area contributed by atoms with Crippen molar-refractivity contribution in [3.05, 3.63) is 143 Å². The Bertz CT molecular complexity index is 4540. The summed E-state index contributed by atoms with van der Waals surface area (Å²) < 4.78 is 22.0. The molecule has 0 radical (unpaired) electrons. The van der Waals surface area contributed by atoms with Crippen LogP contribution in [-0.2, 0) is 76.8 Å². The van der Waals surface area contributed by atoms with Crippen molar-refractivity contribution in [3.8, 4) is 34.5 Å². The van der Waals surface area contributed by atoms with E-state index in [1.54, 1.807) is 110 Å². The van der Waals surface area contributed by atoms with Gasteiger partial charge in [-0.05, 0) is 110 Å². The van der Waals surface area contributed by atoms with E-state index in [9.17, 15) is 73.5 Å². The molecule has 0 aliphatic carbocycles. The Kier molecular flexibility index (Phi) is 39.3. The highest BCUT2D eigenvalue weighted by molar-refractivity contribution is 8.76. The number of aliphatic hydroxyl groups excluding tert-OH is 4. The van der Waals surface area contributed by atoms with Crippen LogP contribution in [0.25, 0.3) is 23.1 Å². The highest BCUT2D eigenvalue weighted by atomic mass is 33.1. The Balaban J connectivity index is 1.16. The van der Waals surface area contributed by atoms with Gasteiger partial charge in [-0.2, -0.15) is 0 Å². The number of nitrogens with two attached hydrogens (primary N) is 3. The average molecular weight is 1740 g/mol. The second-order valence-corrected chi connectivity index (χ2v) is 31.1. The number of phenols is 1. The van der Waals surface area contributed by atoms with Gasteiger partial charge in [-0.25, -0.2) is 0 Å². The van der Waals surface area contributed by atoms with Gasteiger partial charge in [0, 0.05) is 61.0 Å². The maximum absolute atomic E-state index is 15.2. The Morgan fingerprint density at radius 1 is 0.590 bits per heavy atom. The van der Waals surface area contributed by atoms with Crippen LogP contribution in [0.5, 0.6) is 34.5 Å². The van der Waals surface area contributed by atoms with E-state index in [-0.39, 0.29) is 75.4 Å². The molecule has 2 heterocycles. The summed E-state index contributed by atoms with van der Waals surface area (Å²) in [6.45, 7) is 1.36. The number of hydroxylamine groups is 2. The van der Waals surface area contributed by atoms with Crippen LogP contribution in [0, 0.1) is 0 Å². The van der Waals surface area contributed by atoms with Crippen LogP contribution in [0.2, 0.25) is 0 Å². The summed E-state index contributed by atoms with van der Waals surface area (Å²) in [7, 11) is 7.47. The molecule has 1 aliphatic rings. The number of phenolic OH excluding ortho intramolecular Hbond substituents is 1. The van der Waals surface area contributed by atoms with E-state index in [0.29, 0.717) is 68.8 Å². The van der Waals surface area contributed by atoms with Crippen molar-refractivity contribution in [1.29, 1.82) is 0 Å². The van der Waals surface area contributed by atoms with E-state index in [1.807, 2.05) is 0 Å². The van der Waals surface area contributed by atoms with Gasteiger partial charge in [0.2, 0.25) is 76.6 Å². The lowest BCUT2D eigenvalue weighted by atomic mass is 10.0. The van der Waals surface area contributed by atoms with Gasteiger partial charge in [-0.1, -0.05) is 120 Å². The van der Waals surface area contributed by atoms with Crippen LogP contribution in [-0.4, -0.2) is 264 Å². The van der Waals surface area contributed by atoms with Crippen molar-refractivity contribution in [2.75, 3.05) is 79.3 Å². The molecule has 5 aromatic carbocycles. The Morgan fingerprint density at radius 3 is 1.80 bits per heavy atom. The first-order valence-corrected chi connectivity index (χ1v) is 41.8. The normalized spacial score (nSPS) is 18.7. The molecule has 40 heteroatoms. The maximum atomic E-state index is 15.2. The largest absolute Gasteiger partial charge is 0.508 e. The fraction of sp³-hybridized carbons (Fsp3) is 0.439. The number of ether oxygens (including phenoxy) is 4. The quantitative estimate of drug-likeness (QED) is 0.0115. The maximum Gasteiger partial charge on any atom is 0.245 e. The summed E-state index contributed by atoms with van der Waals surface area (Å²) >= 11 is 0.